The van der Waals surface area contributed by atoms with E-state index >= 15 is 0 Å². The fraction of sp³-hybridized carbons (Fsp3) is 0.923. The Morgan fingerprint density at radius 1 is 1.47 bits per heavy atom. The zero-order valence-corrected chi connectivity index (χ0v) is 11.8. The highest BCUT2D eigenvalue weighted by Crippen LogP contribution is 2.39. The van der Waals surface area contributed by atoms with Gasteiger partial charge in [0.1, 0.15) is 0 Å². The number of thioether (sulfide) groups is 1. The molecule has 0 saturated carbocycles. The third kappa shape index (κ3) is 2.79. The zero-order valence-electron chi connectivity index (χ0n) is 11.0. The van der Waals surface area contributed by atoms with Gasteiger partial charge in [-0.15, -0.1) is 11.8 Å². The van der Waals surface area contributed by atoms with Gasteiger partial charge in [-0.2, -0.15) is 0 Å². The average molecular weight is 256 g/mol. The van der Waals surface area contributed by atoms with Gasteiger partial charge in [-0.05, 0) is 58.4 Å². The van der Waals surface area contributed by atoms with Crippen molar-refractivity contribution in [3.8, 4) is 0 Å². The molecule has 2 fully saturated rings. The number of rotatable bonds is 3. The van der Waals surface area contributed by atoms with Crippen LogP contribution in [0.4, 0.5) is 0 Å². The van der Waals surface area contributed by atoms with Gasteiger partial charge >= 0.3 is 0 Å². The lowest BCUT2D eigenvalue weighted by molar-refractivity contribution is -0.136. The molecular weight excluding hydrogens is 232 g/mol. The summed E-state index contributed by atoms with van der Waals surface area (Å²) in [5, 5.41) is 3.37. The summed E-state index contributed by atoms with van der Waals surface area (Å²) in [5.41, 5.74) is 0. The van der Waals surface area contributed by atoms with Crippen LogP contribution in [0, 0.1) is 0 Å². The van der Waals surface area contributed by atoms with E-state index in [9.17, 15) is 4.79 Å². The molecule has 2 heterocycles. The van der Waals surface area contributed by atoms with Gasteiger partial charge in [0.05, 0.1) is 4.75 Å². The normalized spacial score (nSPS) is 30.5. The first-order valence-corrected chi connectivity index (χ1v) is 7.81. The fourth-order valence-corrected chi connectivity index (χ4v) is 4.21. The van der Waals surface area contributed by atoms with Crippen LogP contribution in [0.5, 0.6) is 0 Å². The van der Waals surface area contributed by atoms with Crippen molar-refractivity contribution < 1.29 is 4.79 Å². The molecule has 17 heavy (non-hydrogen) atoms. The van der Waals surface area contributed by atoms with Crippen LogP contribution in [-0.2, 0) is 4.79 Å². The van der Waals surface area contributed by atoms with Crippen LogP contribution in [0.2, 0.25) is 0 Å². The van der Waals surface area contributed by atoms with E-state index in [4.69, 9.17) is 0 Å². The van der Waals surface area contributed by atoms with Crippen molar-refractivity contribution in [1.29, 1.82) is 0 Å². The lowest BCUT2D eigenvalue weighted by Crippen LogP contribution is -2.51. The third-order valence-electron chi connectivity index (χ3n) is 4.02. The van der Waals surface area contributed by atoms with Crippen molar-refractivity contribution in [1.82, 2.24) is 10.2 Å². The molecule has 0 aliphatic carbocycles. The first kappa shape index (κ1) is 13.2. The highest BCUT2D eigenvalue weighted by Gasteiger charge is 2.41. The first-order valence-electron chi connectivity index (χ1n) is 6.83. The number of nitrogens with zero attached hydrogens (tertiary/aromatic N) is 1. The number of amides is 1. The highest BCUT2D eigenvalue weighted by atomic mass is 32.2. The lowest BCUT2D eigenvalue weighted by atomic mass is 9.99. The van der Waals surface area contributed by atoms with Gasteiger partial charge in [0.15, 0.2) is 0 Å². The summed E-state index contributed by atoms with van der Waals surface area (Å²) in [5.74, 6) is 1.53. The number of piperidine rings is 1. The standard InChI is InChI=1S/C13H24N2OS/c1-3-15(11-5-8-14-9-6-11)12(16)13(2)7-4-10-17-13/h11,14H,3-10H2,1-2H3. The molecule has 1 N–H and O–H groups in total. The van der Waals surface area contributed by atoms with E-state index < -0.39 is 0 Å². The molecule has 0 aromatic carbocycles. The molecule has 2 rings (SSSR count). The second kappa shape index (κ2) is 5.61. The second-order valence-corrected chi connectivity index (χ2v) is 6.85. The van der Waals surface area contributed by atoms with Crippen molar-refractivity contribution in [3.05, 3.63) is 0 Å². The smallest absolute Gasteiger partial charge is 0.238 e. The van der Waals surface area contributed by atoms with Crippen LogP contribution in [0.3, 0.4) is 0 Å². The Kier molecular flexibility index (Phi) is 4.36. The fourth-order valence-electron chi connectivity index (χ4n) is 2.94. The Morgan fingerprint density at radius 2 is 2.18 bits per heavy atom. The van der Waals surface area contributed by atoms with Crippen LogP contribution >= 0.6 is 11.8 Å². The third-order valence-corrected chi connectivity index (χ3v) is 5.53. The summed E-state index contributed by atoms with van der Waals surface area (Å²) in [7, 11) is 0. The molecule has 1 unspecified atom stereocenters. The molecule has 2 aliphatic heterocycles. The van der Waals surface area contributed by atoms with Crippen LogP contribution in [-0.4, -0.2) is 47.0 Å². The molecule has 4 heteroatoms. The Balaban J connectivity index is 2.03. The topological polar surface area (TPSA) is 32.3 Å². The molecule has 3 nitrogen and oxygen atoms in total. The summed E-state index contributed by atoms with van der Waals surface area (Å²) in [4.78, 5) is 14.8. The zero-order chi connectivity index (χ0) is 12.3. The predicted molar refractivity (Wildman–Crippen MR) is 73.4 cm³/mol. The van der Waals surface area contributed by atoms with Crippen molar-refractivity contribution in [2.75, 3.05) is 25.4 Å². The van der Waals surface area contributed by atoms with Gasteiger partial charge in [-0.3, -0.25) is 4.79 Å². The predicted octanol–water partition coefficient (Wildman–Crippen LogP) is 1.87. The van der Waals surface area contributed by atoms with Gasteiger partial charge in [-0.25, -0.2) is 0 Å². The Labute approximate surface area is 109 Å². The number of hydrogen-bond donors (Lipinski definition) is 1. The SMILES string of the molecule is CCN(C(=O)C1(C)CCCS1)C1CCNCC1. The Hall–Kier alpha value is -0.220. The van der Waals surface area contributed by atoms with Crippen molar-refractivity contribution >= 4 is 17.7 Å². The van der Waals surface area contributed by atoms with Gasteiger partial charge in [0, 0.05) is 12.6 Å². The number of carbonyl (C=O) groups excluding carboxylic acids is 1. The number of nitrogens with one attached hydrogen (secondary N) is 1. The summed E-state index contributed by atoms with van der Waals surface area (Å²) in [6, 6.07) is 0.465. The quantitative estimate of drug-likeness (QED) is 0.837. The van der Waals surface area contributed by atoms with E-state index in [1.807, 2.05) is 11.8 Å². The van der Waals surface area contributed by atoms with Gasteiger partial charge in [-0.1, -0.05) is 0 Å². The molecule has 0 spiro atoms. The van der Waals surface area contributed by atoms with Gasteiger partial charge in [0.25, 0.3) is 0 Å². The minimum absolute atomic E-state index is 0.138. The van der Waals surface area contributed by atoms with E-state index in [1.165, 1.54) is 6.42 Å². The maximum atomic E-state index is 12.7. The molecule has 0 aromatic rings. The molecule has 0 aromatic heterocycles. The molecule has 98 valence electrons. The van der Waals surface area contributed by atoms with Crippen molar-refractivity contribution in [3.63, 3.8) is 0 Å². The number of carbonyl (C=O) groups is 1. The van der Waals surface area contributed by atoms with Crippen molar-refractivity contribution in [2.24, 2.45) is 0 Å². The first-order chi connectivity index (χ1) is 8.17. The van der Waals surface area contributed by atoms with E-state index in [2.05, 4.69) is 24.1 Å². The summed E-state index contributed by atoms with van der Waals surface area (Å²) >= 11 is 1.85. The maximum absolute atomic E-state index is 12.7. The van der Waals surface area contributed by atoms with E-state index in [0.717, 1.165) is 44.6 Å². The summed E-state index contributed by atoms with van der Waals surface area (Å²) in [6.45, 7) is 7.22. The molecule has 2 saturated heterocycles. The van der Waals surface area contributed by atoms with E-state index in [-0.39, 0.29) is 4.75 Å². The molecule has 2 aliphatic rings. The molecular formula is C13H24N2OS. The van der Waals surface area contributed by atoms with Crippen LogP contribution in [0.15, 0.2) is 0 Å². The second-order valence-electron chi connectivity index (χ2n) is 5.26. The number of hydrogen-bond acceptors (Lipinski definition) is 3. The molecule has 0 radical (unpaired) electrons. The molecule has 1 atom stereocenters. The van der Waals surface area contributed by atoms with Gasteiger partial charge < -0.3 is 10.2 Å². The average Bonchev–Trinajstić information content (AvgIpc) is 2.80. The largest absolute Gasteiger partial charge is 0.339 e. The maximum Gasteiger partial charge on any atom is 0.238 e. The minimum Gasteiger partial charge on any atom is -0.339 e. The van der Waals surface area contributed by atoms with Crippen LogP contribution < -0.4 is 5.32 Å². The Morgan fingerprint density at radius 3 is 2.71 bits per heavy atom. The lowest BCUT2D eigenvalue weighted by Gasteiger charge is -2.38. The highest BCUT2D eigenvalue weighted by molar-refractivity contribution is 8.01. The van der Waals surface area contributed by atoms with Crippen LogP contribution in [0.1, 0.15) is 39.5 Å². The van der Waals surface area contributed by atoms with Crippen LogP contribution in [0.25, 0.3) is 0 Å². The van der Waals surface area contributed by atoms with Gasteiger partial charge in [0.2, 0.25) is 5.91 Å². The summed E-state index contributed by atoms with van der Waals surface area (Å²) < 4.78 is -0.138. The Bertz CT molecular complexity index is 271. The molecule has 0 bridgehead atoms. The summed E-state index contributed by atoms with van der Waals surface area (Å²) in [6.07, 6.45) is 4.47. The minimum atomic E-state index is -0.138. The van der Waals surface area contributed by atoms with Crippen molar-refractivity contribution in [2.45, 2.75) is 50.3 Å². The van der Waals surface area contributed by atoms with E-state index in [0.29, 0.717) is 11.9 Å². The van der Waals surface area contributed by atoms with E-state index in [1.54, 1.807) is 0 Å². The molecule has 1 amide bonds. The monoisotopic (exact) mass is 256 g/mol.